The first-order valence-electron chi connectivity index (χ1n) is 14.1. The Kier molecular flexibility index (Phi) is 5.70. The van der Waals surface area contributed by atoms with Gasteiger partial charge in [-0.3, -0.25) is 0 Å². The van der Waals surface area contributed by atoms with Gasteiger partial charge in [0.2, 0.25) is 0 Å². The largest absolute Gasteiger partial charge is 0.411 e. The second-order valence-electron chi connectivity index (χ2n) is 14.4. The van der Waals surface area contributed by atoms with Crippen LogP contribution in [-0.2, 0) is 0 Å². The van der Waals surface area contributed by atoms with Crippen molar-refractivity contribution in [3.05, 3.63) is 12.2 Å². The second kappa shape index (κ2) is 7.81. The van der Waals surface area contributed by atoms with Gasteiger partial charge < -0.3 is 15.4 Å². The van der Waals surface area contributed by atoms with E-state index in [-0.39, 0.29) is 33.7 Å². The first-order chi connectivity index (χ1) is 15.9. The van der Waals surface area contributed by atoms with Crippen LogP contribution in [-0.4, -0.2) is 34.3 Å². The van der Waals surface area contributed by atoms with E-state index in [2.05, 4.69) is 46.4 Å². The van der Waals surface area contributed by atoms with Crippen molar-refractivity contribution in [2.75, 3.05) is 6.61 Å². The van der Waals surface area contributed by atoms with Gasteiger partial charge in [0.05, 0.1) is 18.9 Å². The van der Waals surface area contributed by atoms with E-state index in [4.69, 9.17) is 0 Å². The molecule has 0 aromatic rings. The van der Waals surface area contributed by atoms with Crippen LogP contribution in [0.15, 0.2) is 17.3 Å². The molecular weight excluding hydrogens is 422 g/mol. The topological polar surface area (TPSA) is 73.1 Å². The van der Waals surface area contributed by atoms with Crippen LogP contribution in [0.3, 0.4) is 0 Å². The fourth-order valence-electron chi connectivity index (χ4n) is 11.6. The van der Waals surface area contributed by atoms with Crippen LogP contribution in [0.1, 0.15) is 98.8 Å². The average Bonchev–Trinajstić information content (AvgIpc) is 3.17. The molecule has 0 saturated heterocycles. The molecule has 0 amide bonds. The van der Waals surface area contributed by atoms with Gasteiger partial charge in [-0.25, -0.2) is 0 Å². The third kappa shape index (κ3) is 2.88. The summed E-state index contributed by atoms with van der Waals surface area (Å²) in [7, 11) is 0. The molecule has 34 heavy (non-hydrogen) atoms. The Bertz CT molecular complexity index is 871. The smallest absolute Gasteiger partial charge is 0.0618 e. The van der Waals surface area contributed by atoms with Crippen molar-refractivity contribution in [3.63, 3.8) is 0 Å². The van der Waals surface area contributed by atoms with Crippen molar-refractivity contribution >= 4 is 6.21 Å². The van der Waals surface area contributed by atoms with E-state index in [0.717, 1.165) is 32.1 Å². The van der Waals surface area contributed by atoms with Crippen LogP contribution in [0.4, 0.5) is 0 Å². The van der Waals surface area contributed by atoms with E-state index in [1.165, 1.54) is 37.7 Å². The van der Waals surface area contributed by atoms with Gasteiger partial charge in [0, 0.05) is 10.8 Å². The Morgan fingerprint density at radius 2 is 1.65 bits per heavy atom. The molecule has 3 N–H and O–H groups in total. The standard InChI is InChI=1S/C30H49NO3/c1-19(2)20-9-14-30(17-31-34)16-15-28(5)21(25(20)30)7-8-23-26(3)12-11-24(33)27(4,18-32)22(26)10-13-29(23,28)6/h17,20-25,32-34H,1,7-16,18H2,2-6H3/b31-17+/t20-,21+,22+,23+,24-,25+,26-,27-,28+,29+,30+/m0/s1. The zero-order valence-electron chi connectivity index (χ0n) is 22.3. The van der Waals surface area contributed by atoms with E-state index in [1.54, 1.807) is 0 Å². The van der Waals surface area contributed by atoms with Gasteiger partial charge in [-0.05, 0) is 117 Å². The predicted molar refractivity (Wildman–Crippen MR) is 137 cm³/mol. The van der Waals surface area contributed by atoms with Crippen LogP contribution >= 0.6 is 0 Å². The maximum absolute atomic E-state index is 10.9. The van der Waals surface area contributed by atoms with Crippen LogP contribution in [0.2, 0.25) is 0 Å². The monoisotopic (exact) mass is 471 g/mol. The lowest BCUT2D eigenvalue weighted by Gasteiger charge is -2.72. The van der Waals surface area contributed by atoms with Crippen LogP contribution in [0.5, 0.6) is 0 Å². The molecule has 0 aliphatic heterocycles. The number of hydrogen-bond donors (Lipinski definition) is 3. The van der Waals surface area contributed by atoms with Gasteiger partial charge >= 0.3 is 0 Å². The number of aliphatic hydroxyl groups excluding tert-OH is 2. The third-order valence-electron chi connectivity index (χ3n) is 13.6. The molecule has 192 valence electrons. The summed E-state index contributed by atoms with van der Waals surface area (Å²) in [5.74, 6) is 2.69. The van der Waals surface area contributed by atoms with Gasteiger partial charge in [-0.2, -0.15) is 0 Å². The minimum absolute atomic E-state index is 0.0251. The molecule has 0 aromatic heterocycles. The van der Waals surface area contributed by atoms with Gasteiger partial charge in [-0.1, -0.05) is 39.8 Å². The molecule has 11 atom stereocenters. The summed E-state index contributed by atoms with van der Waals surface area (Å²) < 4.78 is 0. The average molecular weight is 472 g/mol. The van der Waals surface area contributed by atoms with Gasteiger partial charge in [0.15, 0.2) is 0 Å². The maximum atomic E-state index is 10.9. The maximum Gasteiger partial charge on any atom is 0.0618 e. The Morgan fingerprint density at radius 3 is 2.29 bits per heavy atom. The van der Waals surface area contributed by atoms with E-state index in [9.17, 15) is 15.4 Å². The summed E-state index contributed by atoms with van der Waals surface area (Å²) in [6.07, 6.45) is 12.8. The number of aliphatic hydroxyl groups is 2. The molecule has 0 unspecified atom stereocenters. The van der Waals surface area contributed by atoms with Crippen molar-refractivity contribution in [3.8, 4) is 0 Å². The number of rotatable bonds is 3. The molecule has 4 heteroatoms. The zero-order chi connectivity index (χ0) is 24.7. The number of oxime groups is 1. The minimum Gasteiger partial charge on any atom is -0.411 e. The Balaban J connectivity index is 1.56. The second-order valence-corrected chi connectivity index (χ2v) is 14.4. The van der Waals surface area contributed by atoms with E-state index in [0.29, 0.717) is 29.6 Å². The molecular formula is C30H49NO3. The normalized spacial score (nSPS) is 56.9. The number of fused-ring (bicyclic) bond motifs is 7. The number of hydrogen-bond acceptors (Lipinski definition) is 4. The molecule has 5 saturated carbocycles. The highest BCUT2D eigenvalue weighted by Crippen LogP contribution is 2.77. The Morgan fingerprint density at radius 1 is 0.912 bits per heavy atom. The summed E-state index contributed by atoms with van der Waals surface area (Å²) in [5.41, 5.74) is 1.63. The van der Waals surface area contributed by atoms with Crippen LogP contribution in [0.25, 0.3) is 0 Å². The summed E-state index contributed by atoms with van der Waals surface area (Å²) in [6, 6.07) is 0. The highest BCUT2D eigenvalue weighted by molar-refractivity contribution is 5.67. The Hall–Kier alpha value is -0.870. The van der Waals surface area contributed by atoms with Crippen LogP contribution in [0, 0.1) is 56.7 Å². The van der Waals surface area contributed by atoms with Crippen molar-refractivity contribution in [2.24, 2.45) is 61.8 Å². The van der Waals surface area contributed by atoms with Crippen molar-refractivity contribution < 1.29 is 15.4 Å². The lowest BCUT2D eigenvalue weighted by molar-refractivity contribution is -0.250. The molecule has 0 aromatic carbocycles. The van der Waals surface area contributed by atoms with Crippen LogP contribution < -0.4 is 0 Å². The van der Waals surface area contributed by atoms with Gasteiger partial charge in [0.1, 0.15) is 0 Å². The van der Waals surface area contributed by atoms with Crippen molar-refractivity contribution in [2.45, 2.75) is 105 Å². The van der Waals surface area contributed by atoms with E-state index < -0.39 is 6.10 Å². The molecule has 5 aliphatic carbocycles. The fourth-order valence-corrected chi connectivity index (χ4v) is 11.6. The summed E-state index contributed by atoms with van der Waals surface area (Å²) in [5, 5.41) is 34.7. The van der Waals surface area contributed by atoms with Crippen molar-refractivity contribution in [1.82, 2.24) is 0 Å². The summed E-state index contributed by atoms with van der Waals surface area (Å²) >= 11 is 0. The molecule has 0 spiro atoms. The minimum atomic E-state index is -0.394. The quantitative estimate of drug-likeness (QED) is 0.192. The SMILES string of the molecule is C=C(C)[C@@H]1CC[C@]2(/C=N/O)CC[C@]3(C)[C@H](CC[C@@H]4[C@@]5(C)CC[C@H](O)[C@@](C)(CO)[C@@H]5CC[C@]43C)[C@@H]12. The molecule has 0 radical (unpaired) electrons. The first kappa shape index (κ1) is 24.8. The highest BCUT2D eigenvalue weighted by atomic mass is 16.4. The number of allylic oxidation sites excluding steroid dienone is 1. The van der Waals surface area contributed by atoms with Gasteiger partial charge in [-0.15, -0.1) is 5.16 Å². The number of nitrogens with zero attached hydrogens (tertiary/aromatic N) is 1. The summed E-state index contributed by atoms with van der Waals surface area (Å²) in [6.45, 7) is 16.6. The lowest BCUT2D eigenvalue weighted by Crippen LogP contribution is -2.67. The third-order valence-corrected chi connectivity index (χ3v) is 13.6. The first-order valence-corrected chi connectivity index (χ1v) is 14.1. The fraction of sp³-hybridized carbons (Fsp3) is 0.900. The molecule has 4 nitrogen and oxygen atoms in total. The summed E-state index contributed by atoms with van der Waals surface area (Å²) in [4.78, 5) is 0. The predicted octanol–water partition coefficient (Wildman–Crippen LogP) is 6.44. The molecule has 5 fully saturated rings. The molecule has 5 aliphatic rings. The molecule has 0 bridgehead atoms. The van der Waals surface area contributed by atoms with E-state index >= 15 is 0 Å². The lowest BCUT2D eigenvalue weighted by atomic mass is 9.32. The highest BCUT2D eigenvalue weighted by Gasteiger charge is 2.71. The van der Waals surface area contributed by atoms with Gasteiger partial charge in [0.25, 0.3) is 0 Å². The molecule has 5 rings (SSSR count). The van der Waals surface area contributed by atoms with Crippen molar-refractivity contribution in [1.29, 1.82) is 0 Å². The van der Waals surface area contributed by atoms with E-state index in [1.807, 2.05) is 6.21 Å². The molecule has 0 heterocycles. The zero-order valence-corrected chi connectivity index (χ0v) is 22.3. The Labute approximate surface area is 207 Å².